The van der Waals surface area contributed by atoms with Crippen molar-refractivity contribution in [2.24, 2.45) is 0 Å². The predicted molar refractivity (Wildman–Crippen MR) is 73.8 cm³/mol. The minimum absolute atomic E-state index is 0.0231. The van der Waals surface area contributed by atoms with Crippen LogP contribution >= 0.6 is 0 Å². The molecule has 104 valence electrons. The third-order valence-electron chi connectivity index (χ3n) is 3.14. The predicted octanol–water partition coefficient (Wildman–Crippen LogP) is 2.16. The van der Waals surface area contributed by atoms with Crippen LogP contribution < -0.4 is 15.4 Å². The number of anilines is 1. The van der Waals surface area contributed by atoms with Gasteiger partial charge in [-0.3, -0.25) is 10.1 Å². The summed E-state index contributed by atoms with van der Waals surface area (Å²) in [6.45, 7) is 4.07. The molecule has 0 bridgehead atoms. The van der Waals surface area contributed by atoms with Crippen LogP contribution in [0, 0.1) is 10.1 Å². The first-order chi connectivity index (χ1) is 9.22. The molecule has 1 unspecified atom stereocenters. The van der Waals surface area contributed by atoms with Crippen molar-refractivity contribution in [1.82, 2.24) is 5.32 Å². The lowest BCUT2D eigenvalue weighted by Gasteiger charge is -2.24. The molecule has 0 saturated carbocycles. The molecular weight excluding hydrogens is 246 g/mol. The number of hydrogen-bond acceptors (Lipinski definition) is 5. The Balaban J connectivity index is 2.22. The second-order valence-electron chi connectivity index (χ2n) is 4.53. The summed E-state index contributed by atoms with van der Waals surface area (Å²) in [5.41, 5.74) is 0.555. The molecule has 1 heterocycles. The van der Waals surface area contributed by atoms with Gasteiger partial charge in [-0.15, -0.1) is 0 Å². The second-order valence-corrected chi connectivity index (χ2v) is 4.53. The quantitative estimate of drug-likeness (QED) is 0.630. The van der Waals surface area contributed by atoms with Crippen molar-refractivity contribution in [3.63, 3.8) is 0 Å². The molecule has 1 aromatic rings. The summed E-state index contributed by atoms with van der Waals surface area (Å²) in [4.78, 5) is 10.8. The lowest BCUT2D eigenvalue weighted by Crippen LogP contribution is -2.38. The van der Waals surface area contributed by atoms with Crippen LogP contribution in [0.5, 0.6) is 5.75 Å². The van der Waals surface area contributed by atoms with E-state index in [2.05, 4.69) is 10.6 Å². The van der Waals surface area contributed by atoms with Gasteiger partial charge >= 0.3 is 5.69 Å². The number of nitro benzene ring substituents is 1. The van der Waals surface area contributed by atoms with Gasteiger partial charge in [-0.1, -0.05) is 6.07 Å². The Morgan fingerprint density at radius 3 is 3.05 bits per heavy atom. The minimum Gasteiger partial charge on any atom is -0.487 e. The highest BCUT2D eigenvalue weighted by Crippen LogP contribution is 2.35. The number of ether oxygens (including phenoxy) is 1. The highest BCUT2D eigenvalue weighted by atomic mass is 16.6. The lowest BCUT2D eigenvalue weighted by atomic mass is 10.1. The second kappa shape index (κ2) is 6.38. The number of hydrogen-bond donors (Lipinski definition) is 2. The van der Waals surface area contributed by atoms with Gasteiger partial charge in [-0.2, -0.15) is 0 Å². The molecule has 2 N–H and O–H groups in total. The lowest BCUT2D eigenvalue weighted by molar-refractivity contribution is -0.385. The normalized spacial score (nSPS) is 18.9. The van der Waals surface area contributed by atoms with E-state index < -0.39 is 0 Å². The van der Waals surface area contributed by atoms with Gasteiger partial charge in [0.1, 0.15) is 5.69 Å². The van der Waals surface area contributed by atoms with E-state index in [1.807, 2.05) is 6.92 Å². The maximum Gasteiger partial charge on any atom is 0.333 e. The largest absolute Gasteiger partial charge is 0.487 e. The van der Waals surface area contributed by atoms with Crippen molar-refractivity contribution in [3.8, 4) is 5.75 Å². The van der Waals surface area contributed by atoms with Gasteiger partial charge in [-0.05, 0) is 38.4 Å². The van der Waals surface area contributed by atoms with Gasteiger partial charge in [0.25, 0.3) is 0 Å². The molecule has 0 aromatic heterocycles. The first kappa shape index (κ1) is 13.6. The number of nitro groups is 1. The molecule has 2 rings (SSSR count). The van der Waals surface area contributed by atoms with Crippen LogP contribution in [0.3, 0.4) is 0 Å². The van der Waals surface area contributed by atoms with Crippen molar-refractivity contribution in [2.75, 3.05) is 25.0 Å². The topological polar surface area (TPSA) is 76.4 Å². The molecule has 1 saturated heterocycles. The van der Waals surface area contributed by atoms with E-state index >= 15 is 0 Å². The fourth-order valence-electron chi connectivity index (χ4n) is 2.29. The molecule has 0 aliphatic carbocycles. The van der Waals surface area contributed by atoms with Crippen molar-refractivity contribution < 1.29 is 9.66 Å². The van der Waals surface area contributed by atoms with Gasteiger partial charge in [0.15, 0.2) is 5.75 Å². The van der Waals surface area contributed by atoms with E-state index in [9.17, 15) is 10.1 Å². The molecule has 0 radical (unpaired) electrons. The zero-order valence-electron chi connectivity index (χ0n) is 11.0. The van der Waals surface area contributed by atoms with Crippen molar-refractivity contribution in [2.45, 2.75) is 25.8 Å². The van der Waals surface area contributed by atoms with Crippen LogP contribution in [0.1, 0.15) is 19.8 Å². The van der Waals surface area contributed by atoms with E-state index in [1.54, 1.807) is 18.2 Å². The molecule has 1 atom stereocenters. The Morgan fingerprint density at radius 1 is 1.58 bits per heavy atom. The van der Waals surface area contributed by atoms with E-state index in [0.717, 1.165) is 25.9 Å². The zero-order valence-corrected chi connectivity index (χ0v) is 11.0. The molecule has 0 spiro atoms. The van der Waals surface area contributed by atoms with Crippen LogP contribution in [-0.4, -0.2) is 30.7 Å². The summed E-state index contributed by atoms with van der Waals surface area (Å²) >= 11 is 0. The van der Waals surface area contributed by atoms with Crippen molar-refractivity contribution in [3.05, 3.63) is 28.3 Å². The number of para-hydroxylation sites is 1. The molecule has 1 aliphatic rings. The van der Waals surface area contributed by atoms with Gasteiger partial charge in [0.2, 0.25) is 0 Å². The van der Waals surface area contributed by atoms with Gasteiger partial charge in [-0.25, -0.2) is 0 Å². The van der Waals surface area contributed by atoms with Crippen LogP contribution in [0.2, 0.25) is 0 Å². The number of piperidine rings is 1. The SMILES string of the molecule is CCOc1cccc(NC2CCCNC2)c1[N+](=O)[O-]. The molecule has 1 aromatic carbocycles. The smallest absolute Gasteiger partial charge is 0.333 e. The summed E-state index contributed by atoms with van der Waals surface area (Å²) in [5.74, 6) is 0.321. The van der Waals surface area contributed by atoms with E-state index in [1.165, 1.54) is 0 Å². The Labute approximate surface area is 112 Å². The molecule has 6 heteroatoms. The monoisotopic (exact) mass is 265 g/mol. The van der Waals surface area contributed by atoms with Gasteiger partial charge < -0.3 is 15.4 Å². The summed E-state index contributed by atoms with van der Waals surface area (Å²) in [7, 11) is 0. The van der Waals surface area contributed by atoms with Crippen LogP contribution in [0.4, 0.5) is 11.4 Å². The third kappa shape index (κ3) is 3.35. The summed E-state index contributed by atoms with van der Waals surface area (Å²) < 4.78 is 5.33. The average molecular weight is 265 g/mol. The number of benzene rings is 1. The first-order valence-corrected chi connectivity index (χ1v) is 6.59. The molecule has 19 heavy (non-hydrogen) atoms. The van der Waals surface area contributed by atoms with E-state index in [0.29, 0.717) is 18.0 Å². The molecule has 0 amide bonds. The Morgan fingerprint density at radius 2 is 2.42 bits per heavy atom. The fourth-order valence-corrected chi connectivity index (χ4v) is 2.29. The maximum atomic E-state index is 11.2. The van der Waals surface area contributed by atoms with Crippen molar-refractivity contribution >= 4 is 11.4 Å². The molecule has 1 fully saturated rings. The van der Waals surface area contributed by atoms with Crippen LogP contribution in [0.25, 0.3) is 0 Å². The third-order valence-corrected chi connectivity index (χ3v) is 3.14. The summed E-state index contributed by atoms with van der Waals surface area (Å²) in [6.07, 6.45) is 2.10. The zero-order chi connectivity index (χ0) is 13.7. The molecule has 6 nitrogen and oxygen atoms in total. The maximum absolute atomic E-state index is 11.2. The average Bonchev–Trinajstić information content (AvgIpc) is 2.40. The number of rotatable bonds is 5. The Hall–Kier alpha value is -1.82. The molecular formula is C13H19N3O3. The van der Waals surface area contributed by atoms with E-state index in [4.69, 9.17) is 4.74 Å². The number of nitrogens with zero attached hydrogens (tertiary/aromatic N) is 1. The summed E-state index contributed by atoms with van der Waals surface area (Å²) in [6, 6.07) is 5.36. The Bertz CT molecular complexity index is 445. The number of nitrogens with one attached hydrogen (secondary N) is 2. The minimum atomic E-state index is -0.385. The molecule has 1 aliphatic heterocycles. The van der Waals surface area contributed by atoms with E-state index in [-0.39, 0.29) is 16.7 Å². The summed E-state index contributed by atoms with van der Waals surface area (Å²) in [5, 5.41) is 17.8. The van der Waals surface area contributed by atoms with Crippen LogP contribution in [0.15, 0.2) is 18.2 Å². The van der Waals surface area contributed by atoms with Crippen molar-refractivity contribution in [1.29, 1.82) is 0 Å². The highest BCUT2D eigenvalue weighted by Gasteiger charge is 2.23. The first-order valence-electron chi connectivity index (χ1n) is 6.59. The standard InChI is InChI=1S/C13H19N3O3/c1-2-19-12-7-3-6-11(13(12)16(17)18)15-10-5-4-8-14-9-10/h3,6-7,10,14-15H,2,4-5,8-9H2,1H3. The fraction of sp³-hybridized carbons (Fsp3) is 0.538. The Kier molecular flexibility index (Phi) is 4.57. The highest BCUT2D eigenvalue weighted by molar-refractivity contribution is 5.68. The van der Waals surface area contributed by atoms with Gasteiger partial charge in [0, 0.05) is 12.6 Å². The van der Waals surface area contributed by atoms with Gasteiger partial charge in [0.05, 0.1) is 11.5 Å². The van der Waals surface area contributed by atoms with Crippen LogP contribution in [-0.2, 0) is 0 Å².